The Hall–Kier alpha value is 1.39. The number of hydrogen-bond acceptors (Lipinski definition) is 1. The summed E-state index contributed by atoms with van der Waals surface area (Å²) >= 11 is -3.80. The molecule has 0 aliphatic heterocycles. The fraction of sp³-hybridized carbons (Fsp3) is 1.00. The molecule has 0 radical (unpaired) electrons. The Morgan fingerprint density at radius 3 is 1.15 bits per heavy atom. The molecule has 0 amide bonds. The molecular weight excluding hydrogens is 232 g/mol. The van der Waals surface area contributed by atoms with Crippen LogP contribution in [0.1, 0.15) is 27.7 Å². The Kier molecular flexibility index (Phi) is 5.47. The van der Waals surface area contributed by atoms with Crippen molar-refractivity contribution >= 4 is 0 Å². The van der Waals surface area contributed by atoms with Gasteiger partial charge in [0.25, 0.3) is 0 Å². The van der Waals surface area contributed by atoms with E-state index in [2.05, 4.69) is 48.6 Å². The van der Waals surface area contributed by atoms with Gasteiger partial charge < -0.3 is 0 Å². The van der Waals surface area contributed by atoms with E-state index in [4.69, 9.17) is 1.90 Å². The molecule has 0 bridgehead atoms. The van der Waals surface area contributed by atoms with Crippen LogP contribution in [0.2, 0.25) is 29.4 Å². The van der Waals surface area contributed by atoms with Crippen molar-refractivity contribution in [2.45, 2.75) is 57.1 Å². The standard InChI is InChI=1S/2C3H7.4CH3.O.2Ti/c2*1-3-2;;;;;;;/h2*3H,1-2H3;4*1H3;;;. The second-order valence-electron chi connectivity index (χ2n) is 5.71. The summed E-state index contributed by atoms with van der Waals surface area (Å²) in [4.78, 5) is 0. The van der Waals surface area contributed by atoms with E-state index in [1.165, 1.54) is 0 Å². The molecular formula is C10H26OTi2. The second-order valence-corrected chi connectivity index (χ2v) is 21.2. The van der Waals surface area contributed by atoms with E-state index in [1.807, 2.05) is 0 Å². The van der Waals surface area contributed by atoms with Crippen molar-refractivity contribution in [1.29, 1.82) is 0 Å². The molecule has 0 aliphatic carbocycles. The average Bonchev–Trinajstić information content (AvgIpc) is 1.82. The first-order valence-electron chi connectivity index (χ1n) is 5.29. The first-order valence-corrected chi connectivity index (χ1v) is 14.6. The van der Waals surface area contributed by atoms with Crippen LogP contribution < -0.4 is 0 Å². The molecule has 3 heteroatoms. The molecule has 0 aromatic carbocycles. The summed E-state index contributed by atoms with van der Waals surface area (Å²) in [6.07, 6.45) is 0. The van der Waals surface area contributed by atoms with E-state index >= 15 is 0 Å². The quantitative estimate of drug-likeness (QED) is 0.645. The Bertz CT molecular complexity index is 151. The molecule has 0 saturated heterocycles. The Balaban J connectivity index is 4.62. The molecule has 13 heavy (non-hydrogen) atoms. The number of hydrogen-bond donors (Lipinski definition) is 0. The van der Waals surface area contributed by atoms with Crippen LogP contribution in [0, 0.1) is 0 Å². The van der Waals surface area contributed by atoms with Gasteiger partial charge in [0, 0.05) is 0 Å². The van der Waals surface area contributed by atoms with Crippen molar-refractivity contribution in [3.8, 4) is 0 Å². The normalized spacial score (nSPS) is 14.3. The molecule has 0 aliphatic rings. The Morgan fingerprint density at radius 1 is 0.769 bits per heavy atom. The summed E-state index contributed by atoms with van der Waals surface area (Å²) in [7, 11) is 0. The van der Waals surface area contributed by atoms with Crippen molar-refractivity contribution in [2.75, 3.05) is 0 Å². The van der Waals surface area contributed by atoms with Crippen LogP contribution in [-0.4, -0.2) is 0 Å². The average molecular weight is 258 g/mol. The molecule has 80 valence electrons. The van der Waals surface area contributed by atoms with E-state index in [0.717, 1.165) is 8.45 Å². The molecule has 0 spiro atoms. The van der Waals surface area contributed by atoms with Gasteiger partial charge in [-0.25, -0.2) is 0 Å². The third kappa shape index (κ3) is 4.62. The van der Waals surface area contributed by atoms with E-state index in [0.29, 0.717) is 0 Å². The zero-order valence-electron chi connectivity index (χ0n) is 10.6. The maximum atomic E-state index is 6.52. The first-order chi connectivity index (χ1) is 5.59. The summed E-state index contributed by atoms with van der Waals surface area (Å²) < 4.78 is 8.09. The number of rotatable bonds is 4. The van der Waals surface area contributed by atoms with Crippen molar-refractivity contribution in [2.24, 2.45) is 0 Å². The minimum absolute atomic E-state index is 0.782. The van der Waals surface area contributed by atoms with Crippen LogP contribution in [0.3, 0.4) is 0 Å². The Morgan fingerprint density at radius 2 is 1.08 bits per heavy atom. The van der Waals surface area contributed by atoms with Gasteiger partial charge in [-0.05, 0) is 0 Å². The second kappa shape index (κ2) is 4.94. The molecule has 0 unspecified atom stereocenters. The molecule has 0 N–H and O–H groups in total. The van der Waals surface area contributed by atoms with Crippen molar-refractivity contribution in [3.63, 3.8) is 0 Å². The SMILES string of the molecule is C[CH](C)[Ti]([CH3])([O][Ti]([CH3])([CH3])[CH3])[CH](C)C. The van der Waals surface area contributed by atoms with Crippen molar-refractivity contribution in [3.05, 3.63) is 0 Å². The van der Waals surface area contributed by atoms with Gasteiger partial charge in [0.15, 0.2) is 0 Å². The monoisotopic (exact) mass is 258 g/mol. The minimum atomic E-state index is -1.99. The van der Waals surface area contributed by atoms with Crippen LogP contribution >= 0.6 is 0 Å². The van der Waals surface area contributed by atoms with E-state index in [-0.39, 0.29) is 0 Å². The van der Waals surface area contributed by atoms with Gasteiger partial charge in [0.2, 0.25) is 0 Å². The molecule has 0 fully saturated rings. The maximum absolute atomic E-state index is 6.52. The summed E-state index contributed by atoms with van der Waals surface area (Å²) in [5.74, 6) is 0. The molecule has 0 saturated carbocycles. The predicted molar refractivity (Wildman–Crippen MR) is 54.7 cm³/mol. The van der Waals surface area contributed by atoms with Crippen LogP contribution in [-0.2, 0) is 35.9 Å². The van der Waals surface area contributed by atoms with Gasteiger partial charge >= 0.3 is 92.9 Å². The predicted octanol–water partition coefficient (Wildman–Crippen LogP) is 4.99. The molecule has 0 rings (SSSR count). The molecule has 0 aromatic heterocycles. The van der Waals surface area contributed by atoms with Crippen LogP contribution in [0.15, 0.2) is 0 Å². The third-order valence-electron chi connectivity index (χ3n) is 2.82. The van der Waals surface area contributed by atoms with Crippen molar-refractivity contribution < 1.29 is 35.9 Å². The van der Waals surface area contributed by atoms with E-state index < -0.39 is 34.0 Å². The van der Waals surface area contributed by atoms with Crippen molar-refractivity contribution in [1.82, 2.24) is 0 Å². The van der Waals surface area contributed by atoms with Gasteiger partial charge in [0.1, 0.15) is 0 Å². The van der Waals surface area contributed by atoms with E-state index in [1.54, 1.807) is 0 Å². The molecule has 0 aromatic rings. The zero-order chi connectivity index (χ0) is 10.9. The molecule has 0 atom stereocenters. The topological polar surface area (TPSA) is 9.23 Å². The summed E-state index contributed by atoms with van der Waals surface area (Å²) in [5, 5.41) is 9.52. The summed E-state index contributed by atoms with van der Waals surface area (Å²) in [5.41, 5.74) is 0. The van der Waals surface area contributed by atoms with Gasteiger partial charge in [-0.1, -0.05) is 0 Å². The van der Waals surface area contributed by atoms with Gasteiger partial charge in [0.05, 0.1) is 0 Å². The summed E-state index contributed by atoms with van der Waals surface area (Å²) in [6, 6.07) is 0. The van der Waals surface area contributed by atoms with Gasteiger partial charge in [-0.15, -0.1) is 0 Å². The van der Waals surface area contributed by atoms with Crippen LogP contribution in [0.4, 0.5) is 0 Å². The fourth-order valence-corrected chi connectivity index (χ4v) is 18.0. The first kappa shape index (κ1) is 14.4. The van der Waals surface area contributed by atoms with Gasteiger partial charge in [-0.2, -0.15) is 0 Å². The zero-order valence-corrected chi connectivity index (χ0v) is 13.7. The van der Waals surface area contributed by atoms with Crippen LogP contribution in [0.25, 0.3) is 0 Å². The van der Waals surface area contributed by atoms with Crippen LogP contribution in [0.5, 0.6) is 0 Å². The third-order valence-corrected chi connectivity index (χ3v) is 18.4. The Labute approximate surface area is 92.3 Å². The molecule has 0 heterocycles. The fourth-order valence-electron chi connectivity index (χ4n) is 1.56. The van der Waals surface area contributed by atoms with Gasteiger partial charge in [-0.3, -0.25) is 0 Å². The molecule has 1 nitrogen and oxygen atoms in total. The van der Waals surface area contributed by atoms with E-state index in [9.17, 15) is 0 Å². The summed E-state index contributed by atoms with van der Waals surface area (Å²) in [6.45, 7) is 9.36.